The van der Waals surface area contributed by atoms with Crippen LogP contribution in [0.5, 0.6) is 5.75 Å². The minimum Gasteiger partial charge on any atom is -0.508 e. The average Bonchev–Trinajstić information content (AvgIpc) is 2.58. The van der Waals surface area contributed by atoms with Gasteiger partial charge in [0.25, 0.3) is 5.91 Å². The molecule has 0 aliphatic carbocycles. The molecule has 0 aliphatic rings. The van der Waals surface area contributed by atoms with E-state index >= 15 is 0 Å². The number of carbonyl (C=O) groups is 1. The van der Waals surface area contributed by atoms with Crippen LogP contribution < -0.4 is 10.2 Å². The lowest BCUT2D eigenvalue weighted by atomic mass is 10.1. The van der Waals surface area contributed by atoms with Crippen molar-refractivity contribution in [3.8, 4) is 5.75 Å². The topological polar surface area (TPSA) is 52.6 Å². The van der Waals surface area contributed by atoms with Gasteiger partial charge in [0, 0.05) is 25.2 Å². The van der Waals surface area contributed by atoms with Crippen LogP contribution in [-0.4, -0.2) is 30.6 Å². The van der Waals surface area contributed by atoms with Crippen LogP contribution in [0.2, 0.25) is 5.02 Å². The SMILES string of the molecule is CCN(CC)c1ccc(CCNC(=O)c2ccc(O)cc2)cc1Cl. The number of halogens is 1. The molecule has 0 bridgehead atoms. The van der Waals surface area contributed by atoms with Gasteiger partial charge < -0.3 is 15.3 Å². The molecule has 4 nitrogen and oxygen atoms in total. The van der Waals surface area contributed by atoms with E-state index < -0.39 is 0 Å². The van der Waals surface area contributed by atoms with E-state index in [1.165, 1.54) is 12.1 Å². The van der Waals surface area contributed by atoms with Gasteiger partial charge in [-0.3, -0.25) is 4.79 Å². The molecule has 2 aromatic rings. The Bertz CT molecular complexity index is 682. The molecule has 5 heteroatoms. The zero-order valence-electron chi connectivity index (χ0n) is 14.1. The van der Waals surface area contributed by atoms with Gasteiger partial charge in [-0.25, -0.2) is 0 Å². The number of nitrogens with zero attached hydrogens (tertiary/aromatic N) is 1. The first-order valence-corrected chi connectivity index (χ1v) is 8.53. The largest absolute Gasteiger partial charge is 0.508 e. The summed E-state index contributed by atoms with van der Waals surface area (Å²) in [7, 11) is 0. The Labute approximate surface area is 148 Å². The third-order valence-electron chi connectivity index (χ3n) is 3.94. The zero-order valence-corrected chi connectivity index (χ0v) is 14.8. The first-order valence-electron chi connectivity index (χ1n) is 8.15. The Balaban J connectivity index is 1.91. The van der Waals surface area contributed by atoms with Gasteiger partial charge in [0.05, 0.1) is 10.7 Å². The number of phenols is 1. The van der Waals surface area contributed by atoms with Crippen LogP contribution in [0.1, 0.15) is 29.8 Å². The molecule has 24 heavy (non-hydrogen) atoms. The second-order valence-corrected chi connectivity index (χ2v) is 5.92. The van der Waals surface area contributed by atoms with Crippen molar-refractivity contribution in [1.29, 1.82) is 0 Å². The van der Waals surface area contributed by atoms with E-state index in [2.05, 4.69) is 24.1 Å². The van der Waals surface area contributed by atoms with Crippen LogP contribution in [-0.2, 0) is 6.42 Å². The van der Waals surface area contributed by atoms with E-state index in [0.717, 1.165) is 29.4 Å². The summed E-state index contributed by atoms with van der Waals surface area (Å²) < 4.78 is 0. The number of hydrogen-bond donors (Lipinski definition) is 2. The van der Waals surface area contributed by atoms with Crippen molar-refractivity contribution < 1.29 is 9.90 Å². The van der Waals surface area contributed by atoms with E-state index in [9.17, 15) is 9.90 Å². The van der Waals surface area contributed by atoms with Crippen LogP contribution in [0.3, 0.4) is 0 Å². The van der Waals surface area contributed by atoms with Crippen molar-refractivity contribution in [2.45, 2.75) is 20.3 Å². The van der Waals surface area contributed by atoms with Crippen molar-refractivity contribution in [3.05, 3.63) is 58.6 Å². The predicted octanol–water partition coefficient (Wildman–Crippen LogP) is 3.86. The molecular formula is C19H23ClN2O2. The summed E-state index contributed by atoms with van der Waals surface area (Å²) in [5, 5.41) is 12.8. The number of anilines is 1. The molecule has 0 fully saturated rings. The molecule has 0 spiro atoms. The van der Waals surface area contributed by atoms with Crippen molar-refractivity contribution in [3.63, 3.8) is 0 Å². The van der Waals surface area contributed by atoms with E-state index in [1.54, 1.807) is 12.1 Å². The minimum atomic E-state index is -0.152. The summed E-state index contributed by atoms with van der Waals surface area (Å²) in [6.45, 7) is 6.57. The molecule has 0 radical (unpaired) electrons. The molecule has 0 aromatic heterocycles. The maximum atomic E-state index is 12.0. The summed E-state index contributed by atoms with van der Waals surface area (Å²) in [5.41, 5.74) is 2.66. The van der Waals surface area contributed by atoms with Gasteiger partial charge in [0.1, 0.15) is 5.75 Å². The molecule has 2 N–H and O–H groups in total. The van der Waals surface area contributed by atoms with Gasteiger partial charge >= 0.3 is 0 Å². The average molecular weight is 347 g/mol. The van der Waals surface area contributed by atoms with E-state index in [-0.39, 0.29) is 11.7 Å². The molecule has 128 valence electrons. The molecule has 0 unspecified atom stereocenters. The lowest BCUT2D eigenvalue weighted by Gasteiger charge is -2.22. The number of benzene rings is 2. The van der Waals surface area contributed by atoms with E-state index in [4.69, 9.17) is 11.6 Å². The third-order valence-corrected chi connectivity index (χ3v) is 4.25. The summed E-state index contributed by atoms with van der Waals surface area (Å²) in [5.74, 6) is -0.00431. The molecule has 0 atom stereocenters. The maximum absolute atomic E-state index is 12.0. The highest BCUT2D eigenvalue weighted by atomic mass is 35.5. The maximum Gasteiger partial charge on any atom is 0.251 e. The molecule has 1 amide bonds. The standard InChI is InChI=1S/C19H23ClN2O2/c1-3-22(4-2)18-10-5-14(13-17(18)20)11-12-21-19(24)15-6-8-16(23)9-7-15/h5-10,13,23H,3-4,11-12H2,1-2H3,(H,21,24). The molecular weight excluding hydrogens is 324 g/mol. The number of carbonyl (C=O) groups excluding carboxylic acids is 1. The number of aromatic hydroxyl groups is 1. The van der Waals surface area contributed by atoms with Gasteiger partial charge in [-0.2, -0.15) is 0 Å². The molecule has 0 saturated carbocycles. The van der Waals surface area contributed by atoms with Gasteiger partial charge in [-0.1, -0.05) is 17.7 Å². The normalized spacial score (nSPS) is 10.5. The smallest absolute Gasteiger partial charge is 0.251 e. The van der Waals surface area contributed by atoms with E-state index in [1.807, 2.05) is 18.2 Å². The number of nitrogens with one attached hydrogen (secondary N) is 1. The highest BCUT2D eigenvalue weighted by molar-refractivity contribution is 6.33. The fraction of sp³-hybridized carbons (Fsp3) is 0.316. The van der Waals surface area contributed by atoms with Crippen LogP contribution >= 0.6 is 11.6 Å². The Morgan fingerprint density at radius 2 is 1.79 bits per heavy atom. The van der Waals surface area contributed by atoms with Crippen molar-refractivity contribution in [2.24, 2.45) is 0 Å². The number of amides is 1. The minimum absolute atomic E-state index is 0.148. The Morgan fingerprint density at radius 1 is 1.12 bits per heavy atom. The Morgan fingerprint density at radius 3 is 2.38 bits per heavy atom. The van der Waals surface area contributed by atoms with Gasteiger partial charge in [0.2, 0.25) is 0 Å². The van der Waals surface area contributed by atoms with Crippen LogP contribution in [0, 0.1) is 0 Å². The van der Waals surface area contributed by atoms with Crippen LogP contribution in [0.4, 0.5) is 5.69 Å². The lowest BCUT2D eigenvalue weighted by Crippen LogP contribution is -2.25. The second kappa shape index (κ2) is 8.60. The number of phenolic OH excluding ortho intramolecular Hbond substituents is 1. The monoisotopic (exact) mass is 346 g/mol. The molecule has 0 heterocycles. The van der Waals surface area contributed by atoms with Gasteiger partial charge in [-0.05, 0) is 62.2 Å². The number of rotatable bonds is 7. The van der Waals surface area contributed by atoms with Gasteiger partial charge in [-0.15, -0.1) is 0 Å². The molecule has 2 aromatic carbocycles. The van der Waals surface area contributed by atoms with Crippen LogP contribution in [0.25, 0.3) is 0 Å². The third kappa shape index (κ3) is 4.65. The lowest BCUT2D eigenvalue weighted by molar-refractivity contribution is 0.0954. The Kier molecular flexibility index (Phi) is 6.50. The quantitative estimate of drug-likeness (QED) is 0.800. The summed E-state index contributed by atoms with van der Waals surface area (Å²) >= 11 is 6.38. The first-order chi connectivity index (χ1) is 11.5. The molecule has 2 rings (SSSR count). The first kappa shape index (κ1) is 18.1. The summed E-state index contributed by atoms with van der Waals surface area (Å²) in [6, 6.07) is 12.2. The second-order valence-electron chi connectivity index (χ2n) is 5.51. The fourth-order valence-electron chi connectivity index (χ4n) is 2.56. The molecule has 0 aliphatic heterocycles. The van der Waals surface area contributed by atoms with Crippen molar-refractivity contribution >= 4 is 23.2 Å². The summed E-state index contributed by atoms with van der Waals surface area (Å²) in [4.78, 5) is 14.2. The summed E-state index contributed by atoms with van der Waals surface area (Å²) in [6.07, 6.45) is 0.710. The highest BCUT2D eigenvalue weighted by Crippen LogP contribution is 2.26. The number of hydrogen-bond acceptors (Lipinski definition) is 3. The Hall–Kier alpha value is -2.20. The van der Waals surface area contributed by atoms with Crippen LogP contribution in [0.15, 0.2) is 42.5 Å². The van der Waals surface area contributed by atoms with E-state index in [0.29, 0.717) is 18.5 Å². The highest BCUT2D eigenvalue weighted by Gasteiger charge is 2.08. The fourth-order valence-corrected chi connectivity index (χ4v) is 2.88. The molecule has 0 saturated heterocycles. The van der Waals surface area contributed by atoms with Crippen molar-refractivity contribution in [2.75, 3.05) is 24.5 Å². The zero-order chi connectivity index (χ0) is 17.5. The van der Waals surface area contributed by atoms with Gasteiger partial charge in [0.15, 0.2) is 0 Å². The van der Waals surface area contributed by atoms with Crippen molar-refractivity contribution in [1.82, 2.24) is 5.32 Å². The predicted molar refractivity (Wildman–Crippen MR) is 99.2 cm³/mol.